The Morgan fingerprint density at radius 1 is 1.29 bits per heavy atom. The predicted octanol–water partition coefficient (Wildman–Crippen LogP) is 1.92. The van der Waals surface area contributed by atoms with Crippen LogP contribution in [0.3, 0.4) is 0 Å². The molecule has 4 rings (SSSR count). The third-order valence-corrected chi connectivity index (χ3v) is 4.19. The normalized spacial score (nSPS) is 13.2. The molecule has 0 unspecified atom stereocenters. The van der Waals surface area contributed by atoms with Crippen LogP contribution in [-0.4, -0.2) is 26.2 Å². The fraction of sp³-hybridized carbons (Fsp3) is 0.353. The Morgan fingerprint density at radius 2 is 2.17 bits per heavy atom. The van der Waals surface area contributed by atoms with E-state index in [1.807, 2.05) is 31.2 Å². The van der Waals surface area contributed by atoms with Crippen LogP contribution in [-0.2, 0) is 19.4 Å². The van der Waals surface area contributed by atoms with Crippen LogP contribution in [0, 0.1) is 0 Å². The van der Waals surface area contributed by atoms with Crippen molar-refractivity contribution in [3.63, 3.8) is 0 Å². The number of aromatic nitrogens is 4. The minimum atomic E-state index is -0.0269. The Balaban J connectivity index is 1.60. The summed E-state index contributed by atoms with van der Waals surface area (Å²) >= 11 is 0. The van der Waals surface area contributed by atoms with Crippen molar-refractivity contribution in [3.8, 4) is 5.75 Å². The number of anilines is 1. The standard InChI is InChI=1S/C17H19N5O2/c1-2-24-14-9-4-3-7-13(14)18-10-15-20-17-19-12-8-5-6-11(12)16(23)22(17)21-15/h3-4,7,9,18H,2,5-6,8,10H2,1H3,(H,19,20,21). The molecule has 1 aliphatic carbocycles. The second-order valence-corrected chi connectivity index (χ2v) is 5.78. The zero-order valence-electron chi connectivity index (χ0n) is 13.5. The van der Waals surface area contributed by atoms with Crippen LogP contribution < -0.4 is 15.6 Å². The zero-order chi connectivity index (χ0) is 16.5. The Labute approximate surface area is 138 Å². The van der Waals surface area contributed by atoms with Crippen molar-refractivity contribution in [1.82, 2.24) is 19.6 Å². The lowest BCUT2D eigenvalue weighted by molar-refractivity contribution is 0.341. The quantitative estimate of drug-likeness (QED) is 0.749. The van der Waals surface area contributed by atoms with Crippen molar-refractivity contribution in [1.29, 1.82) is 0 Å². The Bertz CT molecular complexity index is 944. The van der Waals surface area contributed by atoms with Crippen LogP contribution in [0.15, 0.2) is 29.1 Å². The molecule has 0 amide bonds. The predicted molar refractivity (Wildman–Crippen MR) is 90.6 cm³/mol. The van der Waals surface area contributed by atoms with Gasteiger partial charge in [-0.3, -0.25) is 9.89 Å². The number of hydrogen-bond donors (Lipinski definition) is 2. The summed E-state index contributed by atoms with van der Waals surface area (Å²) in [6, 6.07) is 7.75. The number of fused-ring (bicyclic) bond motifs is 2. The van der Waals surface area contributed by atoms with Crippen molar-refractivity contribution in [3.05, 3.63) is 51.7 Å². The van der Waals surface area contributed by atoms with Crippen LogP contribution in [0.4, 0.5) is 5.69 Å². The summed E-state index contributed by atoms with van der Waals surface area (Å²) in [6.07, 6.45) is 2.66. The maximum atomic E-state index is 12.5. The van der Waals surface area contributed by atoms with Crippen molar-refractivity contribution in [2.45, 2.75) is 32.7 Å². The van der Waals surface area contributed by atoms with Crippen LogP contribution >= 0.6 is 0 Å². The molecule has 2 aromatic heterocycles. The van der Waals surface area contributed by atoms with Gasteiger partial charge in [0.05, 0.1) is 24.5 Å². The first-order chi connectivity index (χ1) is 11.8. The van der Waals surface area contributed by atoms with Gasteiger partial charge in [0, 0.05) is 5.56 Å². The number of H-pyrrole nitrogens is 1. The third-order valence-electron chi connectivity index (χ3n) is 4.19. The highest BCUT2D eigenvalue weighted by molar-refractivity contribution is 5.56. The van der Waals surface area contributed by atoms with Crippen molar-refractivity contribution < 1.29 is 4.74 Å². The molecule has 0 fully saturated rings. The van der Waals surface area contributed by atoms with E-state index in [0.717, 1.165) is 42.0 Å². The SMILES string of the molecule is CCOc1ccccc1NCc1nc2nc3c(c(=O)n2[nH]1)CCC3. The summed E-state index contributed by atoms with van der Waals surface area (Å²) in [7, 11) is 0. The van der Waals surface area contributed by atoms with E-state index >= 15 is 0 Å². The molecule has 7 nitrogen and oxygen atoms in total. The minimum absolute atomic E-state index is 0.0269. The molecule has 0 spiro atoms. The molecule has 2 heterocycles. The van der Waals surface area contributed by atoms with Gasteiger partial charge in [-0.15, -0.1) is 0 Å². The number of para-hydroxylation sites is 2. The summed E-state index contributed by atoms with van der Waals surface area (Å²) in [5.74, 6) is 1.90. The zero-order valence-corrected chi connectivity index (χ0v) is 13.5. The van der Waals surface area contributed by atoms with Gasteiger partial charge < -0.3 is 10.1 Å². The molecule has 0 saturated carbocycles. The van der Waals surface area contributed by atoms with Crippen LogP contribution in [0.1, 0.15) is 30.4 Å². The van der Waals surface area contributed by atoms with Crippen LogP contribution in [0.5, 0.6) is 5.75 Å². The number of benzene rings is 1. The van der Waals surface area contributed by atoms with Gasteiger partial charge in [0.1, 0.15) is 11.6 Å². The summed E-state index contributed by atoms with van der Waals surface area (Å²) in [4.78, 5) is 21.4. The van der Waals surface area contributed by atoms with E-state index in [0.29, 0.717) is 24.8 Å². The molecule has 2 N–H and O–H groups in total. The Hall–Kier alpha value is -2.83. The van der Waals surface area contributed by atoms with Gasteiger partial charge in [0.15, 0.2) is 0 Å². The molecule has 3 aromatic rings. The Kier molecular flexibility index (Phi) is 3.68. The van der Waals surface area contributed by atoms with Gasteiger partial charge >= 0.3 is 0 Å². The van der Waals surface area contributed by atoms with Gasteiger partial charge in [-0.2, -0.15) is 9.50 Å². The van der Waals surface area contributed by atoms with E-state index in [9.17, 15) is 4.79 Å². The van der Waals surface area contributed by atoms with E-state index in [-0.39, 0.29) is 5.56 Å². The van der Waals surface area contributed by atoms with E-state index in [4.69, 9.17) is 4.74 Å². The molecule has 24 heavy (non-hydrogen) atoms. The average molecular weight is 325 g/mol. The first kappa shape index (κ1) is 14.7. The number of nitrogens with one attached hydrogen (secondary N) is 2. The summed E-state index contributed by atoms with van der Waals surface area (Å²) in [6.45, 7) is 3.01. The molecular weight excluding hydrogens is 306 g/mol. The third kappa shape index (κ3) is 2.51. The molecule has 1 aromatic carbocycles. The monoisotopic (exact) mass is 325 g/mol. The first-order valence-electron chi connectivity index (χ1n) is 8.21. The van der Waals surface area contributed by atoms with Crippen LogP contribution in [0.25, 0.3) is 5.78 Å². The number of aromatic amines is 1. The second kappa shape index (κ2) is 5.99. The van der Waals surface area contributed by atoms with Gasteiger partial charge in [0.25, 0.3) is 11.3 Å². The topological polar surface area (TPSA) is 84.3 Å². The van der Waals surface area contributed by atoms with Crippen molar-refractivity contribution >= 4 is 11.5 Å². The fourth-order valence-corrected chi connectivity index (χ4v) is 3.08. The van der Waals surface area contributed by atoms with Crippen LogP contribution in [0.2, 0.25) is 0 Å². The molecule has 0 bridgehead atoms. The second-order valence-electron chi connectivity index (χ2n) is 5.78. The fourth-order valence-electron chi connectivity index (χ4n) is 3.08. The highest BCUT2D eigenvalue weighted by Gasteiger charge is 2.19. The number of hydrogen-bond acceptors (Lipinski definition) is 5. The first-order valence-corrected chi connectivity index (χ1v) is 8.21. The largest absolute Gasteiger partial charge is 0.492 e. The summed E-state index contributed by atoms with van der Waals surface area (Å²) < 4.78 is 7.04. The molecule has 0 saturated heterocycles. The number of aryl methyl sites for hydroxylation is 1. The number of ether oxygens (including phenoxy) is 1. The number of rotatable bonds is 5. The molecule has 0 radical (unpaired) electrons. The molecular formula is C17H19N5O2. The van der Waals surface area contributed by atoms with Gasteiger partial charge in [-0.1, -0.05) is 12.1 Å². The van der Waals surface area contributed by atoms with Gasteiger partial charge in [0.2, 0.25) is 0 Å². The summed E-state index contributed by atoms with van der Waals surface area (Å²) in [5, 5.41) is 6.33. The lowest BCUT2D eigenvalue weighted by atomic mass is 10.3. The molecule has 124 valence electrons. The molecule has 0 atom stereocenters. The van der Waals surface area contributed by atoms with E-state index in [2.05, 4.69) is 20.4 Å². The smallest absolute Gasteiger partial charge is 0.277 e. The summed E-state index contributed by atoms with van der Waals surface area (Å²) in [5.41, 5.74) is 2.58. The van der Waals surface area contributed by atoms with Gasteiger partial charge in [-0.25, -0.2) is 4.98 Å². The van der Waals surface area contributed by atoms with Crippen molar-refractivity contribution in [2.24, 2.45) is 0 Å². The minimum Gasteiger partial charge on any atom is -0.492 e. The maximum Gasteiger partial charge on any atom is 0.277 e. The van der Waals surface area contributed by atoms with E-state index in [1.54, 1.807) is 0 Å². The lowest BCUT2D eigenvalue weighted by Crippen LogP contribution is -2.20. The van der Waals surface area contributed by atoms with Crippen molar-refractivity contribution in [2.75, 3.05) is 11.9 Å². The highest BCUT2D eigenvalue weighted by Crippen LogP contribution is 2.24. The average Bonchev–Trinajstić information content (AvgIpc) is 3.21. The molecule has 7 heteroatoms. The Morgan fingerprint density at radius 3 is 3.04 bits per heavy atom. The van der Waals surface area contributed by atoms with E-state index < -0.39 is 0 Å². The molecule has 1 aliphatic rings. The van der Waals surface area contributed by atoms with E-state index in [1.165, 1.54) is 4.52 Å². The maximum absolute atomic E-state index is 12.5. The molecule has 0 aliphatic heterocycles. The number of nitrogens with zero attached hydrogens (tertiary/aromatic N) is 3. The highest BCUT2D eigenvalue weighted by atomic mass is 16.5. The van der Waals surface area contributed by atoms with Gasteiger partial charge in [-0.05, 0) is 38.3 Å². The lowest BCUT2D eigenvalue weighted by Gasteiger charge is -2.10.